The largest absolute Gasteiger partial charge is 0.395 e. The highest BCUT2D eigenvalue weighted by atomic mass is 16.3. The molecule has 1 saturated heterocycles. The maximum Gasteiger partial charge on any atom is 0.146 e. The van der Waals surface area contributed by atoms with Gasteiger partial charge in [0.2, 0.25) is 0 Å². The zero-order chi connectivity index (χ0) is 9.14. The third-order valence-electron chi connectivity index (χ3n) is 2.72. The van der Waals surface area contributed by atoms with E-state index in [-0.39, 0.29) is 24.5 Å². The van der Waals surface area contributed by atoms with E-state index in [0.717, 1.165) is 19.4 Å². The van der Waals surface area contributed by atoms with Gasteiger partial charge >= 0.3 is 0 Å². The second-order valence-corrected chi connectivity index (χ2v) is 3.50. The van der Waals surface area contributed by atoms with Crippen molar-refractivity contribution in [3.63, 3.8) is 0 Å². The number of aliphatic hydroxyl groups is 1. The molecule has 12 heavy (non-hydrogen) atoms. The lowest BCUT2D eigenvalue weighted by Crippen LogP contribution is -2.42. The number of likely N-dealkylation sites (tertiary alicyclic amines) is 1. The Morgan fingerprint density at radius 1 is 1.75 bits per heavy atom. The number of nitrogens with zero attached hydrogens (tertiary/aromatic N) is 1. The Labute approximate surface area is 73.4 Å². The van der Waals surface area contributed by atoms with Gasteiger partial charge in [0.05, 0.1) is 12.6 Å². The summed E-state index contributed by atoms with van der Waals surface area (Å²) in [5, 5.41) is 9.01. The lowest BCUT2D eigenvalue weighted by Gasteiger charge is -2.27. The van der Waals surface area contributed by atoms with E-state index < -0.39 is 0 Å². The summed E-state index contributed by atoms with van der Waals surface area (Å²) in [5.74, 6) is 0.190. The molecule has 0 bridgehead atoms. The van der Waals surface area contributed by atoms with Crippen molar-refractivity contribution in [1.82, 2.24) is 4.90 Å². The fourth-order valence-corrected chi connectivity index (χ4v) is 1.80. The van der Waals surface area contributed by atoms with Crippen LogP contribution in [0.4, 0.5) is 0 Å². The van der Waals surface area contributed by atoms with Crippen molar-refractivity contribution in [1.29, 1.82) is 0 Å². The van der Waals surface area contributed by atoms with Crippen LogP contribution in [0.5, 0.6) is 0 Å². The van der Waals surface area contributed by atoms with Crippen LogP contribution in [0.2, 0.25) is 0 Å². The number of carbonyl (C=O) groups excluding carboxylic acids is 1. The smallest absolute Gasteiger partial charge is 0.146 e. The highest BCUT2D eigenvalue weighted by molar-refractivity contribution is 5.81. The molecule has 1 unspecified atom stereocenters. The Kier molecular flexibility index (Phi) is 3.23. The molecule has 0 amide bonds. The van der Waals surface area contributed by atoms with Crippen molar-refractivity contribution in [2.45, 2.75) is 38.8 Å². The Balaban J connectivity index is 2.55. The summed E-state index contributed by atoms with van der Waals surface area (Å²) in [6.45, 7) is 4.65. The molecule has 1 heterocycles. The summed E-state index contributed by atoms with van der Waals surface area (Å²) in [7, 11) is 0. The minimum atomic E-state index is -0.0235. The molecular weight excluding hydrogens is 154 g/mol. The standard InChI is InChI=1S/C9H17NO2/c1-7(8(2)12)10-5-3-4-9(10)6-11/h7,9,11H,3-6H2,1-2H3/t7?,9-/m1/s1. The van der Waals surface area contributed by atoms with E-state index in [2.05, 4.69) is 4.90 Å². The summed E-state index contributed by atoms with van der Waals surface area (Å²) in [4.78, 5) is 13.2. The van der Waals surface area contributed by atoms with E-state index in [1.165, 1.54) is 0 Å². The van der Waals surface area contributed by atoms with Gasteiger partial charge in [0, 0.05) is 6.04 Å². The molecule has 70 valence electrons. The number of aliphatic hydroxyl groups excluding tert-OH is 1. The highest BCUT2D eigenvalue weighted by Gasteiger charge is 2.29. The molecule has 3 nitrogen and oxygen atoms in total. The normalized spacial score (nSPS) is 27.4. The number of carbonyl (C=O) groups is 1. The lowest BCUT2D eigenvalue weighted by molar-refractivity contribution is -0.122. The molecule has 0 aromatic rings. The lowest BCUT2D eigenvalue weighted by atomic mass is 10.1. The molecule has 0 saturated carbocycles. The third-order valence-corrected chi connectivity index (χ3v) is 2.72. The number of hydrogen-bond acceptors (Lipinski definition) is 3. The van der Waals surface area contributed by atoms with Crippen molar-refractivity contribution in [2.75, 3.05) is 13.2 Å². The van der Waals surface area contributed by atoms with Crippen molar-refractivity contribution >= 4 is 5.78 Å². The summed E-state index contributed by atoms with van der Waals surface area (Å²) in [6.07, 6.45) is 2.12. The molecule has 1 aliphatic rings. The predicted octanol–water partition coefficient (Wildman–Crippen LogP) is 0.421. The quantitative estimate of drug-likeness (QED) is 0.669. The van der Waals surface area contributed by atoms with Crippen molar-refractivity contribution in [2.24, 2.45) is 0 Å². The van der Waals surface area contributed by atoms with Gasteiger partial charge in [0.25, 0.3) is 0 Å². The Morgan fingerprint density at radius 3 is 2.92 bits per heavy atom. The monoisotopic (exact) mass is 171 g/mol. The van der Waals surface area contributed by atoms with E-state index in [1.54, 1.807) is 6.92 Å². The second-order valence-electron chi connectivity index (χ2n) is 3.50. The van der Waals surface area contributed by atoms with Crippen molar-refractivity contribution < 1.29 is 9.90 Å². The van der Waals surface area contributed by atoms with E-state index in [4.69, 9.17) is 5.11 Å². The van der Waals surface area contributed by atoms with Crippen LogP contribution in [0.15, 0.2) is 0 Å². The molecule has 0 radical (unpaired) electrons. The summed E-state index contributed by atoms with van der Waals surface area (Å²) in [5.41, 5.74) is 0. The maximum atomic E-state index is 11.1. The molecule has 2 atom stereocenters. The van der Waals surface area contributed by atoms with E-state index in [0.29, 0.717) is 0 Å². The van der Waals surface area contributed by atoms with Crippen LogP contribution >= 0.6 is 0 Å². The molecule has 0 aliphatic carbocycles. The summed E-state index contributed by atoms with van der Waals surface area (Å²) < 4.78 is 0. The molecule has 1 rings (SSSR count). The molecular formula is C9H17NO2. The average Bonchev–Trinajstić information content (AvgIpc) is 2.49. The first-order chi connectivity index (χ1) is 5.66. The summed E-state index contributed by atoms with van der Waals surface area (Å²) in [6, 6.07) is 0.188. The van der Waals surface area contributed by atoms with Crippen molar-refractivity contribution in [3.05, 3.63) is 0 Å². The van der Waals surface area contributed by atoms with Gasteiger partial charge < -0.3 is 5.11 Å². The SMILES string of the molecule is CC(=O)C(C)N1CCC[C@@H]1CO. The Bertz CT molecular complexity index is 170. The van der Waals surface area contributed by atoms with Gasteiger partial charge in [-0.25, -0.2) is 0 Å². The van der Waals surface area contributed by atoms with E-state index in [9.17, 15) is 4.79 Å². The third kappa shape index (κ3) is 1.84. The Morgan fingerprint density at radius 2 is 2.42 bits per heavy atom. The summed E-state index contributed by atoms with van der Waals surface area (Å²) >= 11 is 0. The first kappa shape index (κ1) is 9.68. The number of Topliss-reactive ketones (excluding diaryl/α,β-unsaturated/α-hetero) is 1. The molecule has 0 spiro atoms. The first-order valence-electron chi connectivity index (χ1n) is 4.54. The number of ketones is 1. The zero-order valence-electron chi connectivity index (χ0n) is 7.79. The van der Waals surface area contributed by atoms with Crippen molar-refractivity contribution in [3.8, 4) is 0 Å². The molecule has 1 aliphatic heterocycles. The Hall–Kier alpha value is -0.410. The van der Waals surface area contributed by atoms with Gasteiger partial charge in [-0.05, 0) is 33.2 Å². The van der Waals surface area contributed by atoms with Crippen LogP contribution in [0.25, 0.3) is 0 Å². The fraction of sp³-hybridized carbons (Fsp3) is 0.889. The fourth-order valence-electron chi connectivity index (χ4n) is 1.80. The average molecular weight is 171 g/mol. The van der Waals surface area contributed by atoms with Gasteiger partial charge in [-0.3, -0.25) is 9.69 Å². The molecule has 3 heteroatoms. The van der Waals surface area contributed by atoms with Crippen LogP contribution in [0, 0.1) is 0 Å². The minimum Gasteiger partial charge on any atom is -0.395 e. The molecule has 0 aromatic heterocycles. The van der Waals surface area contributed by atoms with E-state index in [1.807, 2.05) is 6.92 Å². The van der Waals surface area contributed by atoms with Gasteiger partial charge in [-0.15, -0.1) is 0 Å². The second kappa shape index (κ2) is 4.01. The molecule has 0 aromatic carbocycles. The zero-order valence-corrected chi connectivity index (χ0v) is 7.79. The minimum absolute atomic E-state index is 0.0235. The van der Waals surface area contributed by atoms with Gasteiger partial charge in [0.1, 0.15) is 5.78 Å². The van der Waals surface area contributed by atoms with Crippen LogP contribution in [0.3, 0.4) is 0 Å². The molecule has 1 fully saturated rings. The van der Waals surface area contributed by atoms with Crippen LogP contribution in [-0.4, -0.2) is 41.0 Å². The van der Waals surface area contributed by atoms with Crippen LogP contribution in [0.1, 0.15) is 26.7 Å². The van der Waals surface area contributed by atoms with Crippen LogP contribution in [-0.2, 0) is 4.79 Å². The highest BCUT2D eigenvalue weighted by Crippen LogP contribution is 2.19. The molecule has 1 N–H and O–H groups in total. The van der Waals surface area contributed by atoms with Gasteiger partial charge in [0.15, 0.2) is 0 Å². The number of rotatable bonds is 3. The first-order valence-corrected chi connectivity index (χ1v) is 4.54. The topological polar surface area (TPSA) is 40.5 Å². The van der Waals surface area contributed by atoms with Gasteiger partial charge in [-0.1, -0.05) is 0 Å². The van der Waals surface area contributed by atoms with Crippen LogP contribution < -0.4 is 0 Å². The predicted molar refractivity (Wildman–Crippen MR) is 47.0 cm³/mol. The number of hydrogen-bond donors (Lipinski definition) is 1. The van der Waals surface area contributed by atoms with E-state index >= 15 is 0 Å². The maximum absolute atomic E-state index is 11.1. The van der Waals surface area contributed by atoms with Gasteiger partial charge in [-0.2, -0.15) is 0 Å².